The molecule has 0 aromatic heterocycles. The van der Waals surface area contributed by atoms with E-state index in [1.165, 1.54) is 24.4 Å². The number of allylic oxidation sites excluding steroid dienone is 1. The van der Waals surface area contributed by atoms with Crippen LogP contribution in [0.25, 0.3) is 0 Å². The van der Waals surface area contributed by atoms with Crippen LogP contribution < -0.4 is 21.5 Å². The molecule has 1 aromatic carbocycles. The molecule has 2 aliphatic heterocycles. The van der Waals surface area contributed by atoms with Crippen LogP contribution in [0.3, 0.4) is 0 Å². The topological polar surface area (TPSA) is 182 Å². The minimum Gasteiger partial charge on any atom is -0.408 e. The van der Waals surface area contributed by atoms with E-state index in [2.05, 4.69) is 5.32 Å². The molecular formula is C17H18N4O7S. The Balaban J connectivity index is 2.17. The third kappa shape index (κ3) is 3.93. The van der Waals surface area contributed by atoms with Crippen LogP contribution in [0.2, 0.25) is 0 Å². The van der Waals surface area contributed by atoms with E-state index in [-0.39, 0.29) is 23.4 Å². The van der Waals surface area contributed by atoms with Crippen molar-refractivity contribution in [2.75, 3.05) is 5.32 Å². The predicted octanol–water partition coefficient (Wildman–Crippen LogP) is 0.232. The summed E-state index contributed by atoms with van der Waals surface area (Å²) >= 11 is 0. The second kappa shape index (κ2) is 7.22. The van der Waals surface area contributed by atoms with Crippen LogP contribution in [-0.4, -0.2) is 47.2 Å². The number of hydrogen-bond donors (Lipinski definition) is 4. The number of ether oxygens (including phenoxy) is 1. The third-order valence-corrected chi connectivity index (χ3v) is 5.62. The van der Waals surface area contributed by atoms with Gasteiger partial charge in [-0.05, 0) is 30.5 Å². The summed E-state index contributed by atoms with van der Waals surface area (Å²) in [7, 11) is -4.71. The molecule has 3 rings (SSSR count). The number of aryl methyl sites for hydroxylation is 1. The first-order valence-corrected chi connectivity index (χ1v) is 9.84. The average molecular weight is 422 g/mol. The molecule has 2 atom stereocenters. The molecule has 3 amide bonds. The third-order valence-electron chi connectivity index (χ3n) is 4.55. The molecule has 2 heterocycles. The summed E-state index contributed by atoms with van der Waals surface area (Å²) in [6.07, 6.45) is 2.68. The van der Waals surface area contributed by atoms with Gasteiger partial charge in [-0.1, -0.05) is 12.1 Å². The lowest BCUT2D eigenvalue weighted by atomic mass is 10.1. The number of amides is 3. The Labute approximate surface area is 165 Å². The first-order valence-electron chi connectivity index (χ1n) is 8.33. The predicted molar refractivity (Wildman–Crippen MR) is 101 cm³/mol. The number of nitrogens with two attached hydrogens (primary N) is 2. The fourth-order valence-corrected chi connectivity index (χ4v) is 4.21. The molecule has 0 bridgehead atoms. The van der Waals surface area contributed by atoms with Crippen LogP contribution in [0.5, 0.6) is 5.75 Å². The van der Waals surface area contributed by atoms with Crippen LogP contribution in [0.4, 0.5) is 10.5 Å². The van der Waals surface area contributed by atoms with E-state index >= 15 is 0 Å². The number of hydrogen-bond acceptors (Lipinski definition) is 7. The van der Waals surface area contributed by atoms with E-state index in [9.17, 15) is 27.4 Å². The number of fused-ring (bicyclic) bond motifs is 2. The van der Waals surface area contributed by atoms with Gasteiger partial charge in [0, 0.05) is 12.3 Å². The van der Waals surface area contributed by atoms with Gasteiger partial charge in [0.2, 0.25) is 5.91 Å². The fourth-order valence-electron chi connectivity index (χ4n) is 3.32. The number of rotatable bonds is 4. The Bertz CT molecular complexity index is 1080. The van der Waals surface area contributed by atoms with Gasteiger partial charge >= 0.3 is 6.09 Å². The summed E-state index contributed by atoms with van der Waals surface area (Å²) in [6.45, 7) is 1.58. The second-order valence-corrected chi connectivity index (χ2v) is 8.10. The summed E-state index contributed by atoms with van der Waals surface area (Å²) in [5.74, 6) is -1.42. The van der Waals surface area contributed by atoms with Crippen LogP contribution in [0, 0.1) is 6.92 Å². The van der Waals surface area contributed by atoms with Crippen molar-refractivity contribution in [2.45, 2.75) is 24.8 Å². The zero-order chi connectivity index (χ0) is 21.5. The standard InChI is InChI=1S/C17H18N4O7S/c1-8-2-4-10-13(14(8)28-17(19)24)20-15(29(25,26)27)11-6-9(3-5-12(18)22)7-21(11)16(10)23/h2-5,7,11,15,20H,6H2,1H3,(H2,18,22)(H2,19,24)(H,25,26,27)/b5-3+. The molecular weight excluding hydrogens is 404 g/mol. The number of carbonyl (C=O) groups excluding carboxylic acids is 3. The lowest BCUT2D eigenvalue weighted by Gasteiger charge is -2.26. The van der Waals surface area contributed by atoms with Crippen molar-refractivity contribution >= 4 is 33.7 Å². The molecule has 0 saturated carbocycles. The second-order valence-electron chi connectivity index (χ2n) is 6.56. The minimum absolute atomic E-state index is 0.0133. The summed E-state index contributed by atoms with van der Waals surface area (Å²) in [4.78, 5) is 36.5. The van der Waals surface area contributed by atoms with Crippen molar-refractivity contribution in [3.8, 4) is 5.75 Å². The number of nitrogens with zero attached hydrogens (tertiary/aromatic N) is 1. The number of carbonyl (C=O) groups is 3. The van der Waals surface area contributed by atoms with Crippen molar-refractivity contribution in [3.63, 3.8) is 0 Å². The first-order chi connectivity index (χ1) is 13.5. The summed E-state index contributed by atoms with van der Waals surface area (Å²) < 4.78 is 39.0. The molecule has 0 fully saturated rings. The van der Waals surface area contributed by atoms with Gasteiger partial charge in [0.25, 0.3) is 16.0 Å². The maximum absolute atomic E-state index is 13.1. The van der Waals surface area contributed by atoms with Gasteiger partial charge in [-0.2, -0.15) is 8.42 Å². The molecule has 0 spiro atoms. The maximum Gasteiger partial charge on any atom is 0.410 e. The van der Waals surface area contributed by atoms with Crippen molar-refractivity contribution in [1.29, 1.82) is 0 Å². The highest BCUT2D eigenvalue weighted by atomic mass is 32.2. The molecule has 6 N–H and O–H groups in total. The van der Waals surface area contributed by atoms with Crippen LogP contribution in [0.1, 0.15) is 22.3 Å². The molecule has 2 aliphatic rings. The number of nitrogens with one attached hydrogen (secondary N) is 1. The van der Waals surface area contributed by atoms with Crippen molar-refractivity contribution in [2.24, 2.45) is 11.5 Å². The Morgan fingerprint density at radius 3 is 2.62 bits per heavy atom. The largest absolute Gasteiger partial charge is 0.410 e. The van der Waals surface area contributed by atoms with Gasteiger partial charge in [0.15, 0.2) is 11.1 Å². The van der Waals surface area contributed by atoms with E-state index in [1.807, 2.05) is 0 Å². The van der Waals surface area contributed by atoms with Gasteiger partial charge in [0.05, 0.1) is 17.3 Å². The first kappa shape index (κ1) is 20.4. The molecule has 0 aliphatic carbocycles. The van der Waals surface area contributed by atoms with Crippen molar-refractivity contribution in [3.05, 3.63) is 47.2 Å². The quantitative estimate of drug-likeness (QED) is 0.393. The minimum atomic E-state index is -4.71. The Morgan fingerprint density at radius 1 is 1.34 bits per heavy atom. The number of benzene rings is 1. The van der Waals surface area contributed by atoms with E-state index in [0.29, 0.717) is 11.1 Å². The Kier molecular flexibility index (Phi) is 5.07. The Morgan fingerprint density at radius 2 is 2.03 bits per heavy atom. The fraction of sp³-hybridized carbons (Fsp3) is 0.235. The lowest BCUT2D eigenvalue weighted by Crippen LogP contribution is -2.46. The molecule has 29 heavy (non-hydrogen) atoms. The monoisotopic (exact) mass is 422 g/mol. The summed E-state index contributed by atoms with van der Waals surface area (Å²) in [5, 5.41) is 0.981. The van der Waals surface area contributed by atoms with Crippen LogP contribution >= 0.6 is 0 Å². The molecule has 0 radical (unpaired) electrons. The summed E-state index contributed by atoms with van der Waals surface area (Å²) in [5.41, 5.74) is 11.0. The molecule has 12 heteroatoms. The molecule has 2 unspecified atom stereocenters. The van der Waals surface area contributed by atoms with Gasteiger partial charge < -0.3 is 26.4 Å². The van der Waals surface area contributed by atoms with Gasteiger partial charge in [-0.25, -0.2) is 4.79 Å². The van der Waals surface area contributed by atoms with E-state index in [4.69, 9.17) is 16.2 Å². The zero-order valence-electron chi connectivity index (χ0n) is 15.2. The maximum atomic E-state index is 13.1. The van der Waals surface area contributed by atoms with E-state index in [1.54, 1.807) is 6.92 Å². The van der Waals surface area contributed by atoms with Crippen molar-refractivity contribution in [1.82, 2.24) is 4.90 Å². The van der Waals surface area contributed by atoms with Crippen LogP contribution in [0.15, 0.2) is 36.1 Å². The number of anilines is 1. The van der Waals surface area contributed by atoms with E-state index in [0.717, 1.165) is 11.0 Å². The van der Waals surface area contributed by atoms with Gasteiger partial charge in [0.1, 0.15) is 0 Å². The van der Waals surface area contributed by atoms with Gasteiger partial charge in [-0.15, -0.1) is 0 Å². The van der Waals surface area contributed by atoms with Crippen LogP contribution in [-0.2, 0) is 14.9 Å². The summed E-state index contributed by atoms with van der Waals surface area (Å²) in [6, 6.07) is 1.91. The average Bonchev–Trinajstić information content (AvgIpc) is 2.97. The Hall–Kier alpha value is -3.38. The smallest absolute Gasteiger partial charge is 0.408 e. The lowest BCUT2D eigenvalue weighted by molar-refractivity contribution is -0.113. The zero-order valence-corrected chi connectivity index (χ0v) is 16.0. The highest BCUT2D eigenvalue weighted by molar-refractivity contribution is 7.86. The molecule has 1 aromatic rings. The number of primary amides is 2. The SMILES string of the molecule is Cc1ccc2c(c1OC(N)=O)NC(S(=O)(=O)O)C1CC(/C=C/C(N)=O)=CN1C2=O. The van der Waals surface area contributed by atoms with Crippen molar-refractivity contribution < 1.29 is 32.1 Å². The van der Waals surface area contributed by atoms with Gasteiger partial charge in [-0.3, -0.25) is 14.1 Å². The molecule has 11 nitrogen and oxygen atoms in total. The highest BCUT2D eigenvalue weighted by Gasteiger charge is 2.45. The van der Waals surface area contributed by atoms with E-state index < -0.39 is 39.4 Å². The highest BCUT2D eigenvalue weighted by Crippen LogP contribution is 2.40. The molecule has 154 valence electrons. The normalized spacial score (nSPS) is 21.1. The molecule has 0 saturated heterocycles.